The highest BCUT2D eigenvalue weighted by Crippen LogP contribution is 2.27. The molecule has 0 unspecified atom stereocenters. The third-order valence-corrected chi connectivity index (χ3v) is 5.71. The van der Waals surface area contributed by atoms with E-state index in [1.165, 1.54) is 25.1 Å². The summed E-state index contributed by atoms with van der Waals surface area (Å²) >= 11 is 0. The molecule has 8 N–H and O–H groups in total. The van der Waals surface area contributed by atoms with Gasteiger partial charge in [0.2, 0.25) is 5.91 Å². The second-order valence-electron chi connectivity index (χ2n) is 11.2. The first-order valence-corrected chi connectivity index (χ1v) is 13.6. The highest BCUT2D eigenvalue weighted by Gasteiger charge is 2.28. The molecule has 0 bridgehead atoms. The number of ether oxygens (including phenoxy) is 1. The first kappa shape index (κ1) is 34.9. The highest BCUT2D eigenvalue weighted by atomic mass is 16.6. The smallest absolute Gasteiger partial charge is 0.413 e. The monoisotopic (exact) mass is 608 g/mol. The second-order valence-corrected chi connectivity index (χ2v) is 11.2. The Kier molecular flexibility index (Phi) is 11.7. The normalized spacial score (nSPS) is 11.6. The Bertz CT molecular complexity index is 1470. The maximum atomic E-state index is 13.5. The van der Waals surface area contributed by atoms with E-state index in [0.29, 0.717) is 11.1 Å². The zero-order valence-corrected chi connectivity index (χ0v) is 25.7. The molecule has 44 heavy (non-hydrogen) atoms. The molecule has 0 aromatic heterocycles. The summed E-state index contributed by atoms with van der Waals surface area (Å²) in [6.07, 6.45) is -0.756. The zero-order valence-electron chi connectivity index (χ0n) is 25.7. The fraction of sp³-hybridized carbons (Fsp3) is 0.323. The van der Waals surface area contributed by atoms with E-state index in [2.05, 4.69) is 22.5 Å². The van der Waals surface area contributed by atoms with Crippen molar-refractivity contribution in [3.05, 3.63) is 82.8 Å². The van der Waals surface area contributed by atoms with Gasteiger partial charge in [-0.1, -0.05) is 30.8 Å². The molecular weight excluding hydrogens is 568 g/mol. The summed E-state index contributed by atoms with van der Waals surface area (Å²) in [4.78, 5) is 51.2. The van der Waals surface area contributed by atoms with Gasteiger partial charge in [0.15, 0.2) is 0 Å². The maximum absolute atomic E-state index is 13.5. The van der Waals surface area contributed by atoms with Crippen LogP contribution in [0, 0.1) is 5.41 Å². The number of nitrogens with zero attached hydrogens (tertiary/aromatic N) is 1. The molecule has 0 aliphatic carbocycles. The Morgan fingerprint density at radius 2 is 1.61 bits per heavy atom. The van der Waals surface area contributed by atoms with Crippen LogP contribution in [0.25, 0.3) is 5.70 Å². The van der Waals surface area contributed by atoms with E-state index >= 15 is 0 Å². The number of allylic oxidation sites excluding steroid dienone is 1. The van der Waals surface area contributed by atoms with Crippen LogP contribution in [0.5, 0.6) is 0 Å². The predicted octanol–water partition coefficient (Wildman–Crippen LogP) is 3.72. The summed E-state index contributed by atoms with van der Waals surface area (Å²) in [6.45, 7) is 13.3. The van der Waals surface area contributed by atoms with E-state index < -0.39 is 36.0 Å². The van der Waals surface area contributed by atoms with Crippen LogP contribution in [0.3, 0.4) is 0 Å². The van der Waals surface area contributed by atoms with Crippen LogP contribution in [-0.2, 0) is 20.9 Å². The lowest BCUT2D eigenvalue weighted by atomic mass is 10.0. The molecule has 0 aliphatic heterocycles. The molecule has 0 fully saturated rings. The van der Waals surface area contributed by atoms with E-state index in [0.717, 1.165) is 4.90 Å². The molecule has 2 aromatic carbocycles. The Hall–Kier alpha value is -5.33. The first-order chi connectivity index (χ1) is 20.4. The largest absolute Gasteiger partial charge is 0.510 e. The number of aromatic carboxylic acids is 1. The molecule has 0 atom stereocenters. The minimum atomic E-state index is -1.27. The Morgan fingerprint density at radius 1 is 1.02 bits per heavy atom. The minimum Gasteiger partial charge on any atom is -0.510 e. The topological polar surface area (TPSA) is 207 Å². The Balaban J connectivity index is 2.26. The number of nitrogen functional groups attached to an aromatic ring is 1. The molecule has 0 saturated carbocycles. The maximum Gasteiger partial charge on any atom is 0.413 e. The number of alkyl carbamates (subject to hydrolysis) is 1. The van der Waals surface area contributed by atoms with Crippen molar-refractivity contribution in [3.63, 3.8) is 0 Å². The van der Waals surface area contributed by atoms with Crippen molar-refractivity contribution < 1.29 is 34.1 Å². The van der Waals surface area contributed by atoms with Crippen molar-refractivity contribution in [1.82, 2.24) is 20.9 Å². The summed E-state index contributed by atoms with van der Waals surface area (Å²) < 4.78 is 5.16. The number of hydrogen-bond acceptors (Lipinski definition) is 9. The van der Waals surface area contributed by atoms with Gasteiger partial charge in [-0.3, -0.25) is 25.2 Å². The van der Waals surface area contributed by atoms with Crippen LogP contribution in [0.1, 0.15) is 68.6 Å². The van der Waals surface area contributed by atoms with Gasteiger partial charge in [0.1, 0.15) is 23.7 Å². The number of carbonyl (C=O) groups excluding carboxylic acids is 3. The highest BCUT2D eigenvalue weighted by molar-refractivity contribution is 6.04. The lowest BCUT2D eigenvalue weighted by Crippen LogP contribution is -2.43. The van der Waals surface area contributed by atoms with Crippen LogP contribution in [0.2, 0.25) is 0 Å². The van der Waals surface area contributed by atoms with E-state index in [9.17, 15) is 29.4 Å². The molecule has 0 radical (unpaired) electrons. The number of benzene rings is 2. The molecular formula is C31H40N6O7. The van der Waals surface area contributed by atoms with Crippen LogP contribution >= 0.6 is 0 Å². The number of nitrogens with two attached hydrogens (primary N) is 1. The van der Waals surface area contributed by atoms with Crippen molar-refractivity contribution in [1.29, 1.82) is 5.41 Å². The molecule has 2 aromatic rings. The fourth-order valence-electron chi connectivity index (χ4n) is 3.96. The molecule has 0 spiro atoms. The minimum absolute atomic E-state index is 0.0491. The number of aliphatic hydroxyl groups is 1. The van der Waals surface area contributed by atoms with E-state index in [4.69, 9.17) is 15.9 Å². The van der Waals surface area contributed by atoms with Crippen molar-refractivity contribution in [2.24, 2.45) is 0 Å². The Labute approximate surface area is 256 Å². The van der Waals surface area contributed by atoms with Crippen molar-refractivity contribution in [2.45, 2.75) is 59.7 Å². The first-order valence-electron chi connectivity index (χ1n) is 13.6. The molecule has 2 rings (SSSR count). The number of anilines is 1. The SMILES string of the molecule is C=C(NC(C)C)C(=O)N(CC(=O)NCc1ccc(C(=N)NC(=O)OC(C)(C)C)cc1)/C(=C(\C)O)c1cc(N)cc(C(=O)O)c1. The zero-order chi connectivity index (χ0) is 33.4. The predicted molar refractivity (Wildman–Crippen MR) is 167 cm³/mol. The summed E-state index contributed by atoms with van der Waals surface area (Å²) in [5.41, 5.74) is 6.11. The number of hydrogen-bond donors (Lipinski definition) is 7. The molecule has 0 heterocycles. The van der Waals surface area contributed by atoms with Gasteiger partial charge in [-0.2, -0.15) is 0 Å². The average Bonchev–Trinajstić information content (AvgIpc) is 2.89. The van der Waals surface area contributed by atoms with Crippen molar-refractivity contribution in [3.8, 4) is 0 Å². The van der Waals surface area contributed by atoms with Crippen LogP contribution in [-0.4, -0.2) is 63.0 Å². The van der Waals surface area contributed by atoms with Gasteiger partial charge in [-0.15, -0.1) is 0 Å². The van der Waals surface area contributed by atoms with Gasteiger partial charge in [-0.05, 0) is 65.3 Å². The number of carboxylic acid groups (broad SMARTS) is 1. The van der Waals surface area contributed by atoms with E-state index in [-0.39, 0.29) is 52.4 Å². The quantitative estimate of drug-likeness (QED) is 0.0651. The summed E-state index contributed by atoms with van der Waals surface area (Å²) in [6, 6.07) is 10.2. The van der Waals surface area contributed by atoms with E-state index in [1.54, 1.807) is 58.9 Å². The lowest BCUT2D eigenvalue weighted by molar-refractivity contribution is -0.130. The Morgan fingerprint density at radius 3 is 2.14 bits per heavy atom. The number of rotatable bonds is 11. The third-order valence-electron chi connectivity index (χ3n) is 5.71. The summed E-state index contributed by atoms with van der Waals surface area (Å²) in [7, 11) is 0. The molecule has 3 amide bonds. The second kappa shape index (κ2) is 14.7. The van der Waals surface area contributed by atoms with Gasteiger partial charge in [0, 0.05) is 29.4 Å². The van der Waals surface area contributed by atoms with Gasteiger partial charge in [0.05, 0.1) is 17.0 Å². The van der Waals surface area contributed by atoms with Gasteiger partial charge in [-0.25, -0.2) is 9.59 Å². The molecule has 0 saturated heterocycles. The van der Waals surface area contributed by atoms with Crippen LogP contribution < -0.4 is 21.7 Å². The van der Waals surface area contributed by atoms with E-state index in [1.807, 2.05) is 0 Å². The molecule has 236 valence electrons. The summed E-state index contributed by atoms with van der Waals surface area (Å²) in [5, 5.41) is 36.2. The number of carboxylic acids is 1. The number of amidine groups is 1. The van der Waals surface area contributed by atoms with Gasteiger partial charge < -0.3 is 31.3 Å². The molecule has 0 aliphatic rings. The van der Waals surface area contributed by atoms with Gasteiger partial charge in [0.25, 0.3) is 5.91 Å². The van der Waals surface area contributed by atoms with Gasteiger partial charge >= 0.3 is 12.1 Å². The standard InChI is InChI=1S/C31H40N6O7/c1-17(2)35-18(3)28(40)37(26(19(4)38)22-12-23(29(41)42)14-24(32)13-22)16-25(39)34-15-20-8-10-21(11-9-20)27(33)36-30(43)44-31(5,6)7/h8-14,17,35,38H,3,15-16,32H2,1-2,4-7H3,(H,34,39)(H,41,42)(H2,33,36,43)/b26-19+. The van der Waals surface area contributed by atoms with Crippen molar-refractivity contribution in [2.75, 3.05) is 12.3 Å². The average molecular weight is 609 g/mol. The molecule has 13 heteroatoms. The molecule has 13 nitrogen and oxygen atoms in total. The number of nitrogens with one attached hydrogen (secondary N) is 4. The lowest BCUT2D eigenvalue weighted by Gasteiger charge is -2.28. The van der Waals surface area contributed by atoms with Crippen molar-refractivity contribution >= 4 is 41.1 Å². The van der Waals surface area contributed by atoms with Crippen LogP contribution in [0.4, 0.5) is 10.5 Å². The third kappa shape index (κ3) is 10.5. The number of amides is 3. The summed E-state index contributed by atoms with van der Waals surface area (Å²) in [5.74, 6) is -3.11. The number of aliphatic hydroxyl groups excluding tert-OH is 1. The number of carbonyl (C=O) groups is 4. The van der Waals surface area contributed by atoms with Crippen LogP contribution in [0.15, 0.2) is 60.5 Å². The fourth-order valence-corrected chi connectivity index (χ4v) is 3.96.